The molecule has 1 fully saturated rings. The Morgan fingerprint density at radius 1 is 1.21 bits per heavy atom. The predicted molar refractivity (Wildman–Crippen MR) is 63.4 cm³/mol. The lowest BCUT2D eigenvalue weighted by molar-refractivity contribution is 0.0893. The van der Waals surface area contributed by atoms with E-state index in [2.05, 4.69) is 40.1 Å². The molecule has 1 N–H and O–H groups in total. The maximum absolute atomic E-state index is 3.44. The van der Waals surface area contributed by atoms with E-state index in [4.69, 9.17) is 0 Å². The molecule has 0 amide bonds. The average Bonchev–Trinajstić information content (AvgIpc) is 2.15. The SMILES string of the molecule is CCC1CC(NC)CCC1C(C)(C)C. The van der Waals surface area contributed by atoms with E-state index < -0.39 is 0 Å². The molecule has 14 heavy (non-hydrogen) atoms. The van der Waals surface area contributed by atoms with Crippen LogP contribution in [0.15, 0.2) is 0 Å². The molecule has 0 radical (unpaired) electrons. The molecule has 0 aromatic rings. The summed E-state index contributed by atoms with van der Waals surface area (Å²) in [5.74, 6) is 1.86. The van der Waals surface area contributed by atoms with Gasteiger partial charge in [0.2, 0.25) is 0 Å². The first-order valence-electron chi connectivity index (χ1n) is 6.16. The van der Waals surface area contributed by atoms with Gasteiger partial charge < -0.3 is 5.32 Å². The number of hydrogen-bond acceptors (Lipinski definition) is 1. The van der Waals surface area contributed by atoms with E-state index in [1.54, 1.807) is 0 Å². The number of rotatable bonds is 2. The van der Waals surface area contributed by atoms with E-state index in [1.807, 2.05) is 0 Å². The van der Waals surface area contributed by atoms with Gasteiger partial charge in [-0.25, -0.2) is 0 Å². The zero-order chi connectivity index (χ0) is 10.8. The summed E-state index contributed by atoms with van der Waals surface area (Å²) in [6, 6.07) is 0.776. The lowest BCUT2D eigenvalue weighted by Crippen LogP contribution is -2.40. The van der Waals surface area contributed by atoms with Gasteiger partial charge in [-0.2, -0.15) is 0 Å². The normalized spacial score (nSPS) is 34.5. The van der Waals surface area contributed by atoms with Crippen molar-refractivity contribution in [2.24, 2.45) is 17.3 Å². The molecule has 1 aliphatic carbocycles. The molecule has 84 valence electrons. The highest BCUT2D eigenvalue weighted by atomic mass is 14.9. The molecule has 0 bridgehead atoms. The van der Waals surface area contributed by atoms with E-state index in [1.165, 1.54) is 25.7 Å². The third-order valence-electron chi connectivity index (χ3n) is 4.03. The standard InChI is InChI=1S/C13H27N/c1-6-10-9-11(14-5)7-8-12(10)13(2,3)4/h10-12,14H,6-9H2,1-5H3. The van der Waals surface area contributed by atoms with Gasteiger partial charge in [0.1, 0.15) is 0 Å². The van der Waals surface area contributed by atoms with Crippen molar-refractivity contribution >= 4 is 0 Å². The Bertz CT molecular complexity index is 169. The third-order valence-corrected chi connectivity index (χ3v) is 4.03. The first kappa shape index (κ1) is 12.0. The number of hydrogen-bond donors (Lipinski definition) is 1. The van der Waals surface area contributed by atoms with Crippen molar-refractivity contribution in [1.29, 1.82) is 0 Å². The van der Waals surface area contributed by atoms with Crippen LogP contribution in [0.2, 0.25) is 0 Å². The van der Waals surface area contributed by atoms with Crippen LogP contribution in [0.1, 0.15) is 53.4 Å². The summed E-state index contributed by atoms with van der Waals surface area (Å²) in [6.45, 7) is 9.56. The Labute approximate surface area is 89.7 Å². The Morgan fingerprint density at radius 3 is 2.29 bits per heavy atom. The summed E-state index contributed by atoms with van der Waals surface area (Å²) < 4.78 is 0. The molecule has 1 aliphatic rings. The minimum absolute atomic E-state index is 0.499. The summed E-state index contributed by atoms with van der Waals surface area (Å²) in [4.78, 5) is 0. The predicted octanol–water partition coefficient (Wildman–Crippen LogP) is 3.45. The Kier molecular flexibility index (Phi) is 4.00. The average molecular weight is 197 g/mol. The first-order valence-corrected chi connectivity index (χ1v) is 6.16. The van der Waals surface area contributed by atoms with Crippen molar-refractivity contribution < 1.29 is 0 Å². The minimum Gasteiger partial charge on any atom is -0.317 e. The fraction of sp³-hybridized carbons (Fsp3) is 1.00. The van der Waals surface area contributed by atoms with Gasteiger partial charge in [-0.15, -0.1) is 0 Å². The van der Waals surface area contributed by atoms with Gasteiger partial charge in [0.05, 0.1) is 0 Å². The van der Waals surface area contributed by atoms with Crippen LogP contribution in [-0.4, -0.2) is 13.1 Å². The molecule has 1 rings (SSSR count). The van der Waals surface area contributed by atoms with Crippen LogP contribution >= 0.6 is 0 Å². The molecule has 0 aliphatic heterocycles. The molecule has 3 atom stereocenters. The maximum Gasteiger partial charge on any atom is 0.00669 e. The Balaban J connectivity index is 2.61. The molecule has 1 heteroatoms. The second kappa shape index (κ2) is 4.65. The van der Waals surface area contributed by atoms with E-state index in [0.29, 0.717) is 5.41 Å². The van der Waals surface area contributed by atoms with Gasteiger partial charge in [-0.3, -0.25) is 0 Å². The fourth-order valence-electron chi connectivity index (χ4n) is 3.12. The van der Waals surface area contributed by atoms with Gasteiger partial charge in [-0.05, 0) is 43.6 Å². The number of nitrogens with one attached hydrogen (secondary N) is 1. The quantitative estimate of drug-likeness (QED) is 0.715. The second-order valence-corrected chi connectivity index (χ2v) is 5.94. The summed E-state index contributed by atoms with van der Waals surface area (Å²) in [7, 11) is 2.11. The summed E-state index contributed by atoms with van der Waals surface area (Å²) in [6.07, 6.45) is 5.51. The van der Waals surface area contributed by atoms with E-state index in [-0.39, 0.29) is 0 Å². The van der Waals surface area contributed by atoms with Crippen LogP contribution < -0.4 is 5.32 Å². The van der Waals surface area contributed by atoms with Gasteiger partial charge in [0.25, 0.3) is 0 Å². The molecule has 3 unspecified atom stereocenters. The Morgan fingerprint density at radius 2 is 1.86 bits per heavy atom. The second-order valence-electron chi connectivity index (χ2n) is 5.94. The smallest absolute Gasteiger partial charge is 0.00669 e. The van der Waals surface area contributed by atoms with Crippen molar-refractivity contribution in [2.75, 3.05) is 7.05 Å². The topological polar surface area (TPSA) is 12.0 Å². The van der Waals surface area contributed by atoms with Crippen molar-refractivity contribution in [1.82, 2.24) is 5.32 Å². The molecular formula is C13H27N. The zero-order valence-corrected chi connectivity index (χ0v) is 10.6. The summed E-state index contributed by atoms with van der Waals surface area (Å²) >= 11 is 0. The highest BCUT2D eigenvalue weighted by Crippen LogP contribution is 2.43. The fourth-order valence-corrected chi connectivity index (χ4v) is 3.12. The molecule has 1 saturated carbocycles. The van der Waals surface area contributed by atoms with Gasteiger partial charge in [0, 0.05) is 6.04 Å². The van der Waals surface area contributed by atoms with Crippen LogP contribution in [0.4, 0.5) is 0 Å². The highest BCUT2D eigenvalue weighted by molar-refractivity contribution is 4.88. The molecule has 0 aromatic carbocycles. The van der Waals surface area contributed by atoms with Crippen molar-refractivity contribution in [2.45, 2.75) is 59.4 Å². The maximum atomic E-state index is 3.44. The molecule has 0 heterocycles. The van der Waals surface area contributed by atoms with Crippen LogP contribution in [0.3, 0.4) is 0 Å². The lowest BCUT2D eigenvalue weighted by Gasteiger charge is -2.43. The first-order chi connectivity index (χ1) is 6.49. The molecule has 0 spiro atoms. The molecular weight excluding hydrogens is 170 g/mol. The van der Waals surface area contributed by atoms with E-state index >= 15 is 0 Å². The zero-order valence-electron chi connectivity index (χ0n) is 10.6. The van der Waals surface area contributed by atoms with Crippen LogP contribution in [0.25, 0.3) is 0 Å². The summed E-state index contributed by atoms with van der Waals surface area (Å²) in [5.41, 5.74) is 0.499. The highest BCUT2D eigenvalue weighted by Gasteiger charge is 2.35. The van der Waals surface area contributed by atoms with Crippen molar-refractivity contribution in [3.63, 3.8) is 0 Å². The van der Waals surface area contributed by atoms with Crippen LogP contribution in [0.5, 0.6) is 0 Å². The molecule has 1 nitrogen and oxygen atoms in total. The van der Waals surface area contributed by atoms with Crippen molar-refractivity contribution in [3.8, 4) is 0 Å². The Hall–Kier alpha value is -0.0400. The molecule has 0 saturated heterocycles. The van der Waals surface area contributed by atoms with Gasteiger partial charge in [-0.1, -0.05) is 34.1 Å². The van der Waals surface area contributed by atoms with Gasteiger partial charge >= 0.3 is 0 Å². The van der Waals surface area contributed by atoms with Gasteiger partial charge in [0.15, 0.2) is 0 Å². The van der Waals surface area contributed by atoms with Crippen molar-refractivity contribution in [3.05, 3.63) is 0 Å². The summed E-state index contributed by atoms with van der Waals surface area (Å²) in [5, 5.41) is 3.44. The minimum atomic E-state index is 0.499. The van der Waals surface area contributed by atoms with E-state index in [0.717, 1.165) is 17.9 Å². The largest absolute Gasteiger partial charge is 0.317 e. The molecule has 0 aromatic heterocycles. The van der Waals surface area contributed by atoms with Crippen LogP contribution in [-0.2, 0) is 0 Å². The third kappa shape index (κ3) is 2.73. The monoisotopic (exact) mass is 197 g/mol. The lowest BCUT2D eigenvalue weighted by atomic mass is 9.64. The van der Waals surface area contributed by atoms with Crippen LogP contribution in [0, 0.1) is 17.3 Å². The van der Waals surface area contributed by atoms with E-state index in [9.17, 15) is 0 Å².